The highest BCUT2D eigenvalue weighted by Gasteiger charge is 2.30. The van der Waals surface area contributed by atoms with Crippen molar-refractivity contribution in [1.82, 2.24) is 29.3 Å². The number of rotatable bonds is 7. The molecule has 2 aromatic heterocycles. The molecule has 1 saturated heterocycles. The van der Waals surface area contributed by atoms with Crippen molar-refractivity contribution in [2.45, 2.75) is 18.9 Å². The Morgan fingerprint density at radius 3 is 2.89 bits per heavy atom. The number of amides is 1. The van der Waals surface area contributed by atoms with Gasteiger partial charge in [0, 0.05) is 37.1 Å². The average Bonchev–Trinajstić information content (AvgIpc) is 3.22. The van der Waals surface area contributed by atoms with Gasteiger partial charge in [0.1, 0.15) is 0 Å². The third-order valence-corrected chi connectivity index (χ3v) is 5.38. The molecule has 0 aromatic carbocycles. The number of hydrogen-bond donors (Lipinski definition) is 1. The van der Waals surface area contributed by atoms with Gasteiger partial charge in [0.05, 0.1) is 25.0 Å². The first kappa shape index (κ1) is 19.7. The lowest BCUT2D eigenvalue weighted by Gasteiger charge is -2.16. The molecule has 2 aromatic rings. The predicted octanol–water partition coefficient (Wildman–Crippen LogP) is -0.142. The normalized spacial score (nSPS) is 17.9. The topological polar surface area (TPSA) is 100 Å². The van der Waals surface area contributed by atoms with Crippen LogP contribution in [0.2, 0.25) is 0 Å². The predicted molar refractivity (Wildman–Crippen MR) is 103 cm³/mol. The molecule has 1 aliphatic heterocycles. The molecule has 148 valence electrons. The SMILES string of the molecule is CN(C)CCn1nc([C@@H]2CCN(C(=O)CNS(C)(=O)=O)C2)c2cccnc21. The minimum atomic E-state index is -3.38. The molecule has 1 atom stereocenters. The fourth-order valence-electron chi connectivity index (χ4n) is 3.30. The molecule has 1 N–H and O–H groups in total. The van der Waals surface area contributed by atoms with Crippen LogP contribution in [0.3, 0.4) is 0 Å². The summed E-state index contributed by atoms with van der Waals surface area (Å²) in [4.78, 5) is 20.6. The number of aromatic nitrogens is 3. The summed E-state index contributed by atoms with van der Waals surface area (Å²) in [5, 5.41) is 5.82. The molecule has 1 aliphatic rings. The van der Waals surface area contributed by atoms with Crippen LogP contribution in [-0.4, -0.2) is 85.4 Å². The summed E-state index contributed by atoms with van der Waals surface area (Å²) in [6.07, 6.45) is 3.62. The summed E-state index contributed by atoms with van der Waals surface area (Å²) in [7, 11) is 0.659. The van der Waals surface area contributed by atoms with E-state index >= 15 is 0 Å². The van der Waals surface area contributed by atoms with Crippen molar-refractivity contribution in [3.05, 3.63) is 24.0 Å². The molecule has 0 unspecified atom stereocenters. The molecule has 0 spiro atoms. The van der Waals surface area contributed by atoms with Gasteiger partial charge in [0.25, 0.3) is 0 Å². The summed E-state index contributed by atoms with van der Waals surface area (Å²) in [6, 6.07) is 3.92. The highest BCUT2D eigenvalue weighted by Crippen LogP contribution is 2.31. The van der Waals surface area contributed by atoms with Crippen LogP contribution in [-0.2, 0) is 21.4 Å². The molecule has 1 fully saturated rings. The van der Waals surface area contributed by atoms with E-state index in [1.165, 1.54) is 0 Å². The van der Waals surface area contributed by atoms with Gasteiger partial charge in [0.15, 0.2) is 5.65 Å². The van der Waals surface area contributed by atoms with Crippen LogP contribution >= 0.6 is 0 Å². The monoisotopic (exact) mass is 394 g/mol. The van der Waals surface area contributed by atoms with Crippen LogP contribution in [0.15, 0.2) is 18.3 Å². The number of nitrogens with one attached hydrogen (secondary N) is 1. The second kappa shape index (κ2) is 7.91. The summed E-state index contributed by atoms with van der Waals surface area (Å²) in [5.41, 5.74) is 1.82. The Morgan fingerprint density at radius 1 is 1.41 bits per heavy atom. The third kappa shape index (κ3) is 4.82. The van der Waals surface area contributed by atoms with Crippen molar-refractivity contribution in [2.75, 3.05) is 46.5 Å². The molecule has 27 heavy (non-hydrogen) atoms. The van der Waals surface area contributed by atoms with Gasteiger partial charge in [-0.15, -0.1) is 0 Å². The van der Waals surface area contributed by atoms with Gasteiger partial charge in [-0.2, -0.15) is 5.10 Å². The minimum absolute atomic E-state index is 0.125. The maximum absolute atomic E-state index is 12.3. The smallest absolute Gasteiger partial charge is 0.237 e. The quantitative estimate of drug-likeness (QED) is 0.701. The fourth-order valence-corrected chi connectivity index (χ4v) is 3.69. The van der Waals surface area contributed by atoms with Crippen molar-refractivity contribution < 1.29 is 13.2 Å². The average molecular weight is 395 g/mol. The first-order valence-corrected chi connectivity index (χ1v) is 10.8. The molecule has 0 aliphatic carbocycles. The number of carbonyl (C=O) groups excluding carboxylic acids is 1. The summed E-state index contributed by atoms with van der Waals surface area (Å²) < 4.78 is 26.6. The molecule has 3 rings (SSSR count). The summed E-state index contributed by atoms with van der Waals surface area (Å²) >= 11 is 0. The van der Waals surface area contributed by atoms with Crippen LogP contribution in [0, 0.1) is 0 Å². The van der Waals surface area contributed by atoms with Crippen LogP contribution in [0.4, 0.5) is 0 Å². The van der Waals surface area contributed by atoms with E-state index in [0.717, 1.165) is 42.5 Å². The standard InChI is InChI=1S/C17H26N6O3S/c1-21(2)9-10-23-17-14(5-4-7-18-17)16(20-23)13-6-8-22(12-13)15(24)11-19-27(3,25)26/h4-5,7,13,19H,6,8-12H2,1-3H3/t13-/m1/s1. The highest BCUT2D eigenvalue weighted by atomic mass is 32.2. The van der Waals surface area contributed by atoms with E-state index < -0.39 is 10.0 Å². The largest absolute Gasteiger partial charge is 0.341 e. The zero-order chi connectivity index (χ0) is 19.6. The summed E-state index contributed by atoms with van der Waals surface area (Å²) in [5.74, 6) is -0.0862. The first-order chi connectivity index (χ1) is 12.7. The molecular weight excluding hydrogens is 368 g/mol. The lowest BCUT2D eigenvalue weighted by molar-refractivity contribution is -0.128. The number of likely N-dealkylation sites (N-methyl/N-ethyl adjacent to an activating group) is 1. The molecule has 0 radical (unpaired) electrons. The molecular formula is C17H26N6O3S. The number of hydrogen-bond acceptors (Lipinski definition) is 6. The van der Waals surface area contributed by atoms with Crippen LogP contribution in [0.5, 0.6) is 0 Å². The number of carbonyl (C=O) groups is 1. The van der Waals surface area contributed by atoms with E-state index in [1.807, 2.05) is 30.9 Å². The Labute approximate surface area is 159 Å². The summed E-state index contributed by atoms with van der Waals surface area (Å²) in [6.45, 7) is 2.54. The van der Waals surface area contributed by atoms with E-state index in [4.69, 9.17) is 5.10 Å². The number of likely N-dealkylation sites (tertiary alicyclic amines) is 1. The maximum Gasteiger partial charge on any atom is 0.237 e. The van der Waals surface area contributed by atoms with Crippen molar-refractivity contribution in [3.63, 3.8) is 0 Å². The van der Waals surface area contributed by atoms with Crippen molar-refractivity contribution in [3.8, 4) is 0 Å². The van der Waals surface area contributed by atoms with Crippen molar-refractivity contribution in [1.29, 1.82) is 0 Å². The van der Waals surface area contributed by atoms with Crippen LogP contribution in [0.25, 0.3) is 11.0 Å². The fraction of sp³-hybridized carbons (Fsp3) is 0.588. The van der Waals surface area contributed by atoms with E-state index in [-0.39, 0.29) is 18.4 Å². The van der Waals surface area contributed by atoms with E-state index in [9.17, 15) is 13.2 Å². The minimum Gasteiger partial charge on any atom is -0.341 e. The van der Waals surface area contributed by atoms with Gasteiger partial charge in [0.2, 0.25) is 15.9 Å². The molecule has 1 amide bonds. The maximum atomic E-state index is 12.3. The highest BCUT2D eigenvalue weighted by molar-refractivity contribution is 7.88. The van der Waals surface area contributed by atoms with Gasteiger partial charge in [-0.1, -0.05) is 0 Å². The van der Waals surface area contributed by atoms with E-state index in [1.54, 1.807) is 11.1 Å². The van der Waals surface area contributed by atoms with Crippen LogP contribution in [0.1, 0.15) is 18.0 Å². The Morgan fingerprint density at radius 2 is 2.19 bits per heavy atom. The van der Waals surface area contributed by atoms with Crippen molar-refractivity contribution in [2.24, 2.45) is 0 Å². The van der Waals surface area contributed by atoms with Crippen molar-refractivity contribution >= 4 is 27.0 Å². The Balaban J connectivity index is 1.75. The second-order valence-electron chi connectivity index (χ2n) is 7.20. The Bertz CT molecular complexity index is 924. The second-order valence-corrected chi connectivity index (χ2v) is 9.04. The zero-order valence-corrected chi connectivity index (χ0v) is 16.7. The number of nitrogens with zero attached hydrogens (tertiary/aromatic N) is 5. The number of sulfonamides is 1. The van der Waals surface area contributed by atoms with Gasteiger partial charge >= 0.3 is 0 Å². The molecule has 10 heteroatoms. The molecule has 3 heterocycles. The van der Waals surface area contributed by atoms with Gasteiger partial charge in [-0.3, -0.25) is 4.79 Å². The lowest BCUT2D eigenvalue weighted by atomic mass is 10.0. The lowest BCUT2D eigenvalue weighted by Crippen LogP contribution is -2.38. The van der Waals surface area contributed by atoms with Crippen LogP contribution < -0.4 is 4.72 Å². The van der Waals surface area contributed by atoms with E-state index in [2.05, 4.69) is 14.6 Å². The third-order valence-electron chi connectivity index (χ3n) is 4.71. The van der Waals surface area contributed by atoms with Gasteiger partial charge in [-0.05, 0) is 32.6 Å². The van der Waals surface area contributed by atoms with Gasteiger partial charge < -0.3 is 9.80 Å². The Kier molecular flexibility index (Phi) is 5.78. The zero-order valence-electron chi connectivity index (χ0n) is 15.9. The van der Waals surface area contributed by atoms with E-state index in [0.29, 0.717) is 13.1 Å². The molecule has 0 saturated carbocycles. The Hall–Kier alpha value is -2.04. The first-order valence-electron chi connectivity index (χ1n) is 8.93. The van der Waals surface area contributed by atoms with Gasteiger partial charge in [-0.25, -0.2) is 22.8 Å². The molecule has 9 nitrogen and oxygen atoms in total. The number of pyridine rings is 1. The molecule has 0 bridgehead atoms. The number of fused-ring (bicyclic) bond motifs is 1.